The summed E-state index contributed by atoms with van der Waals surface area (Å²) in [5.74, 6) is 0.621. The molecule has 6 aromatic rings. The molecule has 1 aromatic heterocycles. The zero-order chi connectivity index (χ0) is 55.1. The van der Waals surface area contributed by atoms with Gasteiger partial charge in [-0.3, -0.25) is 0 Å². The van der Waals surface area contributed by atoms with Crippen LogP contribution in [0.25, 0.3) is 0 Å². The van der Waals surface area contributed by atoms with Crippen molar-refractivity contribution in [3.63, 3.8) is 0 Å². The molecule has 0 fully saturated rings. The predicted molar refractivity (Wildman–Crippen MR) is 214 cm³/mol. The molecule has 0 saturated carbocycles. The number of rotatable bonds is 8. The van der Waals surface area contributed by atoms with Crippen molar-refractivity contribution < 1.29 is 115 Å². The van der Waals surface area contributed by atoms with E-state index in [1.807, 2.05) is 35.2 Å². The maximum absolute atomic E-state index is 14.2. The molecular formula is C44H24BBrF24N2O. The molecule has 0 aliphatic heterocycles. The molecular weight excluding hydrogens is 1120 g/mol. The summed E-state index contributed by atoms with van der Waals surface area (Å²) in [6, 6.07) is 1.46. The van der Waals surface area contributed by atoms with Gasteiger partial charge in [-0.05, 0) is 40.2 Å². The molecule has 6 rings (SSSR count). The van der Waals surface area contributed by atoms with E-state index in [4.69, 9.17) is 4.74 Å². The fourth-order valence-corrected chi connectivity index (χ4v) is 7.74. The molecule has 29 heteroatoms. The minimum Gasteiger partial charge on any atom is -0.462 e. The molecule has 0 unspecified atom stereocenters. The van der Waals surface area contributed by atoms with Gasteiger partial charge in [-0.25, -0.2) is 4.98 Å². The Balaban J connectivity index is 0.000000520. The first-order chi connectivity index (χ1) is 33.1. The van der Waals surface area contributed by atoms with E-state index in [0.29, 0.717) is 11.4 Å². The zero-order valence-corrected chi connectivity index (χ0v) is 36.9. The average molecular weight is 1140 g/mol. The second-order valence-electron chi connectivity index (χ2n) is 15.5. The number of benzene rings is 5. The van der Waals surface area contributed by atoms with Crippen molar-refractivity contribution in [1.82, 2.24) is 4.98 Å². The summed E-state index contributed by atoms with van der Waals surface area (Å²) in [6.45, 7) is 0.821. The van der Waals surface area contributed by atoms with E-state index in [2.05, 4.69) is 33.0 Å². The van der Waals surface area contributed by atoms with Crippen molar-refractivity contribution in [3.05, 3.63) is 172 Å². The Hall–Kier alpha value is -6.16. The lowest BCUT2D eigenvalue weighted by Crippen LogP contribution is -2.75. The van der Waals surface area contributed by atoms with Crippen molar-refractivity contribution in [2.24, 2.45) is 0 Å². The van der Waals surface area contributed by atoms with E-state index in [0.717, 1.165) is 6.54 Å². The van der Waals surface area contributed by atoms with Gasteiger partial charge in [0.15, 0.2) is 12.7 Å². The molecule has 0 spiro atoms. The van der Waals surface area contributed by atoms with Crippen LogP contribution in [-0.2, 0) is 56.0 Å². The van der Waals surface area contributed by atoms with Crippen molar-refractivity contribution >= 4 is 43.9 Å². The maximum Gasteiger partial charge on any atom is 0.416 e. The van der Waals surface area contributed by atoms with Gasteiger partial charge in [0.1, 0.15) is 11.7 Å². The van der Waals surface area contributed by atoms with Crippen LogP contribution < -0.4 is 31.2 Å². The minimum absolute atomic E-state index is 0.454. The first-order valence-corrected chi connectivity index (χ1v) is 20.7. The van der Waals surface area contributed by atoms with E-state index < -0.39 is 195 Å². The quantitative estimate of drug-likeness (QED) is 0.0657. The molecule has 0 bridgehead atoms. The van der Waals surface area contributed by atoms with Crippen LogP contribution in [-0.4, -0.2) is 16.6 Å². The molecule has 0 saturated heterocycles. The Morgan fingerprint density at radius 2 is 0.658 bits per heavy atom. The van der Waals surface area contributed by atoms with Gasteiger partial charge in [0.05, 0.1) is 50.7 Å². The molecule has 0 atom stereocenters. The molecule has 1 heterocycles. The number of hydrogen-bond donors (Lipinski definition) is 0. The van der Waals surface area contributed by atoms with E-state index in [1.54, 1.807) is 6.20 Å². The Morgan fingerprint density at radius 1 is 0.397 bits per heavy atom. The summed E-state index contributed by atoms with van der Waals surface area (Å²) in [6.07, 6.45) is -49.3. The average Bonchev–Trinajstić information content (AvgIpc) is 3.25. The summed E-state index contributed by atoms with van der Waals surface area (Å²) in [5.41, 5.74) is -28.5. The van der Waals surface area contributed by atoms with Crippen molar-refractivity contribution in [3.8, 4) is 5.88 Å². The highest BCUT2D eigenvalue weighted by molar-refractivity contribution is 9.09. The highest BCUT2D eigenvalue weighted by atomic mass is 79.9. The Labute approximate surface area is 402 Å². The maximum atomic E-state index is 14.2. The monoisotopic (exact) mass is 1140 g/mol. The summed E-state index contributed by atoms with van der Waals surface area (Å²) in [5, 5.41) is 0. The first-order valence-electron chi connectivity index (χ1n) is 19.6. The number of aromatic nitrogens is 2. The highest BCUT2D eigenvalue weighted by Crippen LogP contribution is 2.41. The summed E-state index contributed by atoms with van der Waals surface area (Å²) >= 11 is 3.21. The molecule has 0 aliphatic carbocycles. The Bertz CT molecular complexity index is 2460. The van der Waals surface area contributed by atoms with Crippen LogP contribution in [0.2, 0.25) is 0 Å². The van der Waals surface area contributed by atoms with Crippen LogP contribution in [0.1, 0.15) is 50.1 Å². The summed E-state index contributed by atoms with van der Waals surface area (Å²) in [7, 11) is 0. The molecule has 0 amide bonds. The van der Waals surface area contributed by atoms with Crippen molar-refractivity contribution in [1.29, 1.82) is 0 Å². The Morgan fingerprint density at radius 3 is 0.890 bits per heavy atom. The standard InChI is InChI=1S/C32H12BF24.C12H12BrN2O/c34-25(35,36)13-1-14(26(37,38)39)6-21(5-13)33(22-7-15(27(40,41)42)2-16(8-22)28(43,44)45,23-9-17(29(46,47)48)3-18(10-23)30(49,50)51)24-11-19(31(52,53)54)4-20(12-24)32(55,56)57;13-10-16-12-9-15(7-6-14-12)8-11-4-2-1-3-5-11/h1-12H;1-7,9H,8,10H2/q-1;+1. The van der Waals surface area contributed by atoms with E-state index in [9.17, 15) is 105 Å². The van der Waals surface area contributed by atoms with Crippen LogP contribution in [0.5, 0.6) is 5.88 Å². The van der Waals surface area contributed by atoms with Gasteiger partial charge in [0.25, 0.3) is 5.88 Å². The normalized spacial score (nSPS) is 13.4. The molecule has 3 nitrogen and oxygen atoms in total. The van der Waals surface area contributed by atoms with Crippen LogP contribution in [0.3, 0.4) is 0 Å². The SMILES string of the molecule is BrCOc1c[n+](Cc2ccccc2)ccn1.FC(F)(F)c1cc([B-](c2cc(C(F)(F)F)cc(C(F)(F)F)c2)(c2cc(C(F)(F)F)cc(C(F)(F)F)c2)c2cc(C(F)(F)F)cc(C(F)(F)F)c2)cc(C(F)(F)F)c1. The minimum atomic E-state index is -6.13. The van der Waals surface area contributed by atoms with Gasteiger partial charge in [0, 0.05) is 5.56 Å². The molecule has 0 radical (unpaired) electrons. The van der Waals surface area contributed by atoms with Gasteiger partial charge in [0.2, 0.25) is 6.20 Å². The largest absolute Gasteiger partial charge is 0.462 e. The predicted octanol–water partition coefficient (Wildman–Crippen LogP) is 13.4. The van der Waals surface area contributed by atoms with Gasteiger partial charge >= 0.3 is 49.4 Å². The molecule has 5 aromatic carbocycles. The van der Waals surface area contributed by atoms with Crippen LogP contribution in [0, 0.1) is 0 Å². The van der Waals surface area contributed by atoms with Crippen LogP contribution in [0.4, 0.5) is 105 Å². The number of hydrogen-bond acceptors (Lipinski definition) is 2. The topological polar surface area (TPSA) is 26.0 Å². The number of ether oxygens (including phenoxy) is 1. The van der Waals surface area contributed by atoms with E-state index >= 15 is 0 Å². The van der Waals surface area contributed by atoms with Crippen LogP contribution >= 0.6 is 15.9 Å². The molecule has 0 aliphatic rings. The number of halogens is 25. The second kappa shape index (κ2) is 20.3. The molecule has 73 heavy (non-hydrogen) atoms. The Kier molecular flexibility index (Phi) is 16.0. The lowest BCUT2D eigenvalue weighted by atomic mass is 9.12. The fraction of sp³-hybridized carbons (Fsp3) is 0.227. The van der Waals surface area contributed by atoms with Crippen molar-refractivity contribution in [2.75, 3.05) is 5.52 Å². The van der Waals surface area contributed by atoms with Gasteiger partial charge in [-0.2, -0.15) is 132 Å². The lowest BCUT2D eigenvalue weighted by molar-refractivity contribution is -0.689. The molecule has 0 N–H and O–H groups in total. The van der Waals surface area contributed by atoms with Crippen LogP contribution in [0.15, 0.2) is 122 Å². The number of nitrogens with zero attached hydrogens (tertiary/aromatic N) is 2. The lowest BCUT2D eigenvalue weighted by Gasteiger charge is -2.46. The first kappa shape index (κ1) is 57.7. The summed E-state index contributed by atoms with van der Waals surface area (Å²) < 4.78 is 348. The third-order valence-corrected chi connectivity index (χ3v) is 10.8. The smallest absolute Gasteiger partial charge is 0.416 e. The third kappa shape index (κ3) is 13.9. The zero-order valence-electron chi connectivity index (χ0n) is 35.3. The highest BCUT2D eigenvalue weighted by Gasteiger charge is 2.47. The third-order valence-electron chi connectivity index (χ3n) is 10.6. The fourth-order valence-electron chi connectivity index (χ4n) is 7.50. The van der Waals surface area contributed by atoms with Gasteiger partial charge < -0.3 is 4.74 Å². The summed E-state index contributed by atoms with van der Waals surface area (Å²) in [4.78, 5) is 4.10. The van der Waals surface area contributed by atoms with Gasteiger partial charge in [-0.1, -0.05) is 78.9 Å². The van der Waals surface area contributed by atoms with E-state index in [1.165, 1.54) is 5.56 Å². The van der Waals surface area contributed by atoms with E-state index in [-0.39, 0.29) is 0 Å². The number of alkyl halides is 25. The van der Waals surface area contributed by atoms with Gasteiger partial charge in [-0.15, -0.1) is 0 Å². The molecule has 394 valence electrons. The van der Waals surface area contributed by atoms with Crippen molar-refractivity contribution in [2.45, 2.75) is 56.0 Å². The second-order valence-corrected chi connectivity index (χ2v) is 16.0.